The Morgan fingerprint density at radius 2 is 1.90 bits per heavy atom. The van der Waals surface area contributed by atoms with E-state index in [-0.39, 0.29) is 5.78 Å². The number of hydrogen-bond donors (Lipinski definition) is 0. The third-order valence-corrected chi connectivity index (χ3v) is 6.19. The van der Waals surface area contributed by atoms with E-state index in [9.17, 15) is 4.79 Å². The molecule has 4 heteroatoms. The van der Waals surface area contributed by atoms with Crippen LogP contribution in [0.15, 0.2) is 60.9 Å². The Kier molecular flexibility index (Phi) is 6.05. The van der Waals surface area contributed by atoms with E-state index in [1.165, 1.54) is 5.56 Å². The lowest BCUT2D eigenvalue weighted by atomic mass is 9.90. The number of carbonyl (C=O) groups is 1. The summed E-state index contributed by atoms with van der Waals surface area (Å²) in [6, 6.07) is 16.2. The van der Waals surface area contributed by atoms with Crippen molar-refractivity contribution in [3.8, 4) is 0 Å². The van der Waals surface area contributed by atoms with Gasteiger partial charge in [0.2, 0.25) is 0 Å². The summed E-state index contributed by atoms with van der Waals surface area (Å²) in [6.45, 7) is 2.13. The van der Waals surface area contributed by atoms with E-state index < -0.39 is 0 Å². The molecular formula is C25H27ClN2O. The van der Waals surface area contributed by atoms with Gasteiger partial charge in [0.05, 0.1) is 0 Å². The number of carbonyl (C=O) groups excluding carboxylic acids is 1. The summed E-state index contributed by atoms with van der Waals surface area (Å²) < 4.78 is 1.99. The monoisotopic (exact) mass is 406 g/mol. The van der Waals surface area contributed by atoms with Crippen LogP contribution in [0, 0.1) is 5.92 Å². The fraction of sp³-hybridized carbons (Fsp3) is 0.320. The molecule has 0 atom stereocenters. The van der Waals surface area contributed by atoms with Crippen molar-refractivity contribution >= 4 is 34.4 Å². The predicted octanol–water partition coefficient (Wildman–Crippen LogP) is 6.18. The van der Waals surface area contributed by atoms with Crippen LogP contribution >= 0.6 is 11.6 Å². The average molecular weight is 407 g/mol. The van der Waals surface area contributed by atoms with Gasteiger partial charge in [-0.1, -0.05) is 48.0 Å². The van der Waals surface area contributed by atoms with Crippen molar-refractivity contribution in [3.05, 3.63) is 77.1 Å². The summed E-state index contributed by atoms with van der Waals surface area (Å²) in [5.74, 6) is 0.870. The van der Waals surface area contributed by atoms with Crippen LogP contribution in [0.5, 0.6) is 0 Å². The lowest BCUT2D eigenvalue weighted by Crippen LogP contribution is -2.29. The molecule has 1 aliphatic rings. The maximum Gasteiger partial charge on any atom is 0.165 e. The zero-order chi connectivity index (χ0) is 20.2. The third kappa shape index (κ3) is 4.73. The molecule has 0 unspecified atom stereocenters. The normalized spacial score (nSPS) is 15.4. The van der Waals surface area contributed by atoms with E-state index in [1.807, 2.05) is 42.1 Å². The average Bonchev–Trinajstić information content (AvgIpc) is 3.08. The van der Waals surface area contributed by atoms with Gasteiger partial charge in [-0.05, 0) is 55.2 Å². The van der Waals surface area contributed by atoms with Crippen molar-refractivity contribution in [2.45, 2.75) is 25.7 Å². The highest BCUT2D eigenvalue weighted by Crippen LogP contribution is 2.27. The molecule has 2 aromatic carbocycles. The number of Topliss-reactive ketones (excluding diaryl/α,β-unsaturated/α-hetero) is 1. The molecule has 1 aromatic heterocycles. The number of likely N-dealkylation sites (tertiary alicyclic amines) is 1. The Morgan fingerprint density at radius 1 is 1.14 bits per heavy atom. The van der Waals surface area contributed by atoms with Crippen LogP contribution in [0.2, 0.25) is 5.02 Å². The number of aryl methyl sites for hydroxylation is 1. The van der Waals surface area contributed by atoms with E-state index in [4.69, 9.17) is 11.6 Å². The van der Waals surface area contributed by atoms with E-state index in [0.717, 1.165) is 48.8 Å². The van der Waals surface area contributed by atoms with Gasteiger partial charge in [-0.2, -0.15) is 0 Å². The number of benzene rings is 2. The number of halogens is 1. The molecule has 150 valence electrons. The maximum absolute atomic E-state index is 12.9. The Morgan fingerprint density at radius 3 is 2.66 bits per heavy atom. The minimum absolute atomic E-state index is 0.240. The molecule has 29 heavy (non-hydrogen) atoms. The number of fused-ring (bicyclic) bond motifs is 1. The minimum Gasteiger partial charge on any atom is -0.377 e. The van der Waals surface area contributed by atoms with Gasteiger partial charge in [-0.15, -0.1) is 0 Å². The van der Waals surface area contributed by atoms with Crippen LogP contribution in [0.3, 0.4) is 0 Å². The zero-order valence-electron chi connectivity index (χ0n) is 16.9. The van der Waals surface area contributed by atoms with Crippen LogP contribution < -0.4 is 0 Å². The first kappa shape index (κ1) is 19.8. The Hall–Kier alpha value is -2.52. The van der Waals surface area contributed by atoms with Gasteiger partial charge < -0.3 is 9.47 Å². The van der Waals surface area contributed by atoms with Crippen molar-refractivity contribution in [1.82, 2.24) is 9.47 Å². The quantitative estimate of drug-likeness (QED) is 0.457. The SMILES string of the molecule is Cn1cc(C(=O)CCC2CCN(C=Cc3ccccc3)CC2)c2ccc(Cl)cc21. The fourth-order valence-corrected chi connectivity index (χ4v) is 4.36. The molecule has 1 aliphatic heterocycles. The van der Waals surface area contributed by atoms with E-state index >= 15 is 0 Å². The number of rotatable bonds is 6. The van der Waals surface area contributed by atoms with Crippen molar-refractivity contribution in [2.24, 2.45) is 13.0 Å². The van der Waals surface area contributed by atoms with E-state index in [0.29, 0.717) is 17.4 Å². The highest BCUT2D eigenvalue weighted by atomic mass is 35.5. The maximum atomic E-state index is 12.9. The van der Waals surface area contributed by atoms with Crippen LogP contribution in [-0.2, 0) is 7.05 Å². The predicted molar refractivity (Wildman–Crippen MR) is 121 cm³/mol. The molecular weight excluding hydrogens is 380 g/mol. The fourth-order valence-electron chi connectivity index (χ4n) is 4.20. The highest BCUT2D eigenvalue weighted by molar-refractivity contribution is 6.31. The first-order valence-electron chi connectivity index (χ1n) is 10.4. The smallest absolute Gasteiger partial charge is 0.165 e. The van der Waals surface area contributed by atoms with Gasteiger partial charge in [-0.3, -0.25) is 4.79 Å². The second kappa shape index (κ2) is 8.87. The van der Waals surface area contributed by atoms with E-state index in [1.54, 1.807) is 0 Å². The molecule has 0 spiro atoms. The second-order valence-corrected chi connectivity index (χ2v) is 8.42. The van der Waals surface area contributed by atoms with Crippen LogP contribution in [0.4, 0.5) is 0 Å². The second-order valence-electron chi connectivity index (χ2n) is 7.98. The third-order valence-electron chi connectivity index (χ3n) is 5.96. The van der Waals surface area contributed by atoms with Crippen molar-refractivity contribution in [3.63, 3.8) is 0 Å². The van der Waals surface area contributed by atoms with Gasteiger partial charge in [-0.25, -0.2) is 0 Å². The van der Waals surface area contributed by atoms with E-state index in [2.05, 4.69) is 41.4 Å². The molecule has 1 saturated heterocycles. The molecule has 1 fully saturated rings. The molecule has 2 heterocycles. The number of hydrogen-bond acceptors (Lipinski definition) is 2. The molecule has 0 N–H and O–H groups in total. The van der Waals surface area contributed by atoms with Crippen LogP contribution in [0.1, 0.15) is 41.6 Å². The van der Waals surface area contributed by atoms with Gasteiger partial charge in [0.25, 0.3) is 0 Å². The molecule has 3 aromatic rings. The summed E-state index contributed by atoms with van der Waals surface area (Å²) in [7, 11) is 1.97. The lowest BCUT2D eigenvalue weighted by molar-refractivity contribution is 0.0968. The Bertz CT molecular complexity index is 1010. The van der Waals surface area contributed by atoms with Crippen molar-refractivity contribution in [2.75, 3.05) is 13.1 Å². The molecule has 0 amide bonds. The molecule has 0 bridgehead atoms. The standard InChI is InChI=1S/C25H27ClN2O/c1-27-18-23(22-9-8-21(26)17-24(22)27)25(29)10-7-20-12-15-28(16-13-20)14-11-19-5-3-2-4-6-19/h2-6,8-9,11,14,17-18,20H,7,10,12-13,15-16H2,1H3. The van der Waals surface area contributed by atoms with Gasteiger partial charge in [0, 0.05) is 54.2 Å². The molecule has 0 aliphatic carbocycles. The summed E-state index contributed by atoms with van der Waals surface area (Å²) in [6.07, 6.45) is 10.2. The molecule has 4 rings (SSSR count). The number of piperidine rings is 1. The largest absolute Gasteiger partial charge is 0.377 e. The topological polar surface area (TPSA) is 25.2 Å². The minimum atomic E-state index is 0.240. The summed E-state index contributed by atoms with van der Waals surface area (Å²) in [5.41, 5.74) is 3.07. The van der Waals surface area contributed by atoms with Gasteiger partial charge >= 0.3 is 0 Å². The highest BCUT2D eigenvalue weighted by Gasteiger charge is 2.20. The molecule has 0 saturated carbocycles. The number of ketones is 1. The van der Waals surface area contributed by atoms with Crippen molar-refractivity contribution in [1.29, 1.82) is 0 Å². The Labute approximate surface area is 177 Å². The lowest BCUT2D eigenvalue weighted by Gasteiger charge is -2.31. The first-order valence-corrected chi connectivity index (χ1v) is 10.7. The summed E-state index contributed by atoms with van der Waals surface area (Å²) >= 11 is 6.10. The van der Waals surface area contributed by atoms with Gasteiger partial charge in [0.1, 0.15) is 0 Å². The molecule has 0 radical (unpaired) electrons. The van der Waals surface area contributed by atoms with Gasteiger partial charge in [0.15, 0.2) is 5.78 Å². The van der Waals surface area contributed by atoms with Crippen molar-refractivity contribution < 1.29 is 4.79 Å². The summed E-state index contributed by atoms with van der Waals surface area (Å²) in [4.78, 5) is 15.2. The number of aromatic nitrogens is 1. The van der Waals surface area contributed by atoms with Crippen LogP contribution in [0.25, 0.3) is 17.0 Å². The summed E-state index contributed by atoms with van der Waals surface area (Å²) in [5, 5.41) is 1.70. The van der Waals surface area contributed by atoms with Crippen LogP contribution in [-0.4, -0.2) is 28.3 Å². The Balaban J connectivity index is 1.29. The zero-order valence-corrected chi connectivity index (χ0v) is 17.6. The first-order chi connectivity index (χ1) is 14.1. The molecule has 3 nitrogen and oxygen atoms in total. The number of nitrogens with zero attached hydrogens (tertiary/aromatic N) is 2.